The first-order valence-electron chi connectivity index (χ1n) is 19.2. The molecule has 0 spiro atoms. The number of aromatic nitrogens is 1. The van der Waals surface area contributed by atoms with Gasteiger partial charge in [0.05, 0.1) is 18.9 Å². The van der Waals surface area contributed by atoms with Crippen LogP contribution in [-0.4, -0.2) is 109 Å². The van der Waals surface area contributed by atoms with Crippen LogP contribution in [0.15, 0.2) is 67.0 Å². The minimum Gasteiger partial charge on any atom is -0.481 e. The van der Waals surface area contributed by atoms with Crippen LogP contribution < -0.4 is 26.6 Å². The SMILES string of the molecule is CC(=O)N[C@@H](Cc1cccnc1)C(=O)N[C@@H](CC(=O)O)C(=O)N[C@H](CC(=O)N[C@@H](Cc1ccccc1)C(=O)N[C@@H](CC(=O)O)[C@@](O)(S)COC(=O)c1ccc(C)s1)CC(C)C. The van der Waals surface area contributed by atoms with Crippen LogP contribution in [0, 0.1) is 12.8 Å². The average Bonchev–Trinajstić information content (AvgIpc) is 3.62. The molecular formula is C41H52N6O12S2. The zero-order valence-electron chi connectivity index (χ0n) is 34.1. The summed E-state index contributed by atoms with van der Waals surface area (Å²) in [6.07, 6.45) is 1.00. The lowest BCUT2D eigenvalue weighted by atomic mass is 9.99. The summed E-state index contributed by atoms with van der Waals surface area (Å²) < 4.78 is 5.21. The zero-order chi connectivity index (χ0) is 45.3. The van der Waals surface area contributed by atoms with E-state index in [0.29, 0.717) is 11.1 Å². The Morgan fingerprint density at radius 2 is 1.36 bits per heavy atom. The first-order valence-corrected chi connectivity index (χ1v) is 20.5. The van der Waals surface area contributed by atoms with Crippen molar-refractivity contribution in [2.75, 3.05) is 6.61 Å². The van der Waals surface area contributed by atoms with Crippen molar-refractivity contribution in [3.8, 4) is 0 Å². The highest BCUT2D eigenvalue weighted by Crippen LogP contribution is 2.23. The Hall–Kier alpha value is -5.86. The van der Waals surface area contributed by atoms with E-state index in [1.807, 2.05) is 13.8 Å². The maximum Gasteiger partial charge on any atom is 0.348 e. The third-order valence-corrected chi connectivity index (χ3v) is 10.4. The minimum absolute atomic E-state index is 0.0122. The lowest BCUT2D eigenvalue weighted by Crippen LogP contribution is -2.58. The maximum atomic E-state index is 13.9. The molecule has 0 aliphatic carbocycles. The van der Waals surface area contributed by atoms with E-state index in [-0.39, 0.29) is 30.1 Å². The van der Waals surface area contributed by atoms with E-state index < -0.39 is 108 Å². The van der Waals surface area contributed by atoms with E-state index in [1.54, 1.807) is 55.5 Å². The van der Waals surface area contributed by atoms with Crippen molar-refractivity contribution in [1.29, 1.82) is 0 Å². The van der Waals surface area contributed by atoms with Gasteiger partial charge in [-0.1, -0.05) is 50.2 Å². The van der Waals surface area contributed by atoms with Crippen molar-refractivity contribution in [2.45, 2.75) is 101 Å². The minimum atomic E-state index is -2.38. The van der Waals surface area contributed by atoms with Crippen LogP contribution in [0.5, 0.6) is 0 Å². The number of carboxylic acid groups (broad SMARTS) is 2. The molecule has 0 aliphatic rings. The van der Waals surface area contributed by atoms with Crippen LogP contribution in [-0.2, 0) is 51.1 Å². The fourth-order valence-electron chi connectivity index (χ4n) is 6.13. The molecule has 0 fully saturated rings. The van der Waals surface area contributed by atoms with Gasteiger partial charge in [-0.2, -0.15) is 0 Å². The number of carbonyl (C=O) groups is 8. The molecule has 20 heteroatoms. The Bertz CT molecular complexity index is 2000. The number of nitrogens with zero attached hydrogens (tertiary/aromatic N) is 1. The van der Waals surface area contributed by atoms with E-state index in [0.717, 1.165) is 16.2 Å². The first-order chi connectivity index (χ1) is 28.7. The number of pyridine rings is 1. The molecule has 18 nitrogen and oxygen atoms in total. The number of thiophene rings is 1. The molecule has 330 valence electrons. The molecule has 0 saturated carbocycles. The number of ether oxygens (including phenoxy) is 1. The summed E-state index contributed by atoms with van der Waals surface area (Å²) in [5.74, 6) is -7.70. The second-order valence-corrected chi connectivity index (χ2v) is 16.9. The van der Waals surface area contributed by atoms with E-state index in [9.17, 15) is 53.7 Å². The standard InChI is InChI=1S/C41H52N6O12S2/c1-23(2)15-28(44-37(54)31(19-35(50)51)46-38(55)29(43-25(4)48)17-27-11-8-14-42-21-27)18-34(49)45-30(16-26-9-6-5-7-10-26)39(56)47-33(20-36(52)53)41(58,60)22-59-40(57)32-13-12-24(3)61-32/h5-14,21,23,28-31,33,58,60H,15-20,22H2,1-4H3,(H,43,48)(H,44,54)(H,45,49)(H,46,55)(H,47,56)(H,50,51)(H,52,53)/t28-,29-,30-,31-,33-,41-/m0/s1. The molecule has 6 atom stereocenters. The number of aliphatic hydroxyl groups is 1. The molecule has 0 aliphatic heterocycles. The summed E-state index contributed by atoms with van der Waals surface area (Å²) in [5.41, 5.74) is 1.18. The lowest BCUT2D eigenvalue weighted by Gasteiger charge is -2.32. The van der Waals surface area contributed by atoms with Crippen molar-refractivity contribution < 1.29 is 58.4 Å². The summed E-state index contributed by atoms with van der Waals surface area (Å²) in [5, 5.41) is 43.1. The summed E-state index contributed by atoms with van der Waals surface area (Å²) in [4.78, 5) is 106. The number of nitrogens with one attached hydrogen (secondary N) is 5. The second kappa shape index (κ2) is 23.8. The Morgan fingerprint density at radius 3 is 1.93 bits per heavy atom. The van der Waals surface area contributed by atoms with E-state index in [2.05, 4.69) is 44.2 Å². The van der Waals surface area contributed by atoms with Gasteiger partial charge in [-0.15, -0.1) is 24.0 Å². The molecule has 3 rings (SSSR count). The molecule has 0 radical (unpaired) electrons. The fraction of sp³-hybridized carbons (Fsp3) is 0.439. The van der Waals surface area contributed by atoms with Gasteiger partial charge in [0.2, 0.25) is 29.5 Å². The van der Waals surface area contributed by atoms with Crippen LogP contribution in [0.3, 0.4) is 0 Å². The monoisotopic (exact) mass is 884 g/mol. The number of amides is 5. The second-order valence-electron chi connectivity index (χ2n) is 14.9. The number of rotatable bonds is 24. The third-order valence-electron chi connectivity index (χ3n) is 8.95. The van der Waals surface area contributed by atoms with Crippen LogP contribution in [0.25, 0.3) is 0 Å². The highest BCUT2D eigenvalue weighted by molar-refractivity contribution is 7.81. The summed E-state index contributed by atoms with van der Waals surface area (Å²) in [6, 6.07) is 8.29. The lowest BCUT2D eigenvalue weighted by molar-refractivity contribution is -0.141. The topological polar surface area (TPSA) is 280 Å². The summed E-state index contributed by atoms with van der Waals surface area (Å²) >= 11 is 5.31. The van der Waals surface area contributed by atoms with Gasteiger partial charge in [0, 0.05) is 49.5 Å². The predicted molar refractivity (Wildman–Crippen MR) is 225 cm³/mol. The van der Waals surface area contributed by atoms with Gasteiger partial charge in [0.1, 0.15) is 29.6 Å². The normalized spacial score (nSPS) is 14.5. The molecular weight excluding hydrogens is 833 g/mol. The number of thiol groups is 1. The van der Waals surface area contributed by atoms with Crippen LogP contribution in [0.4, 0.5) is 0 Å². The number of aliphatic carboxylic acids is 2. The Kier molecular flexibility index (Phi) is 19.3. The van der Waals surface area contributed by atoms with Crippen LogP contribution in [0.1, 0.15) is 72.1 Å². The highest BCUT2D eigenvalue weighted by atomic mass is 32.1. The van der Waals surface area contributed by atoms with Crippen molar-refractivity contribution in [3.05, 3.63) is 87.9 Å². The Labute approximate surface area is 362 Å². The molecule has 0 bridgehead atoms. The molecule has 0 saturated heterocycles. The molecule has 1 aromatic carbocycles. The van der Waals surface area contributed by atoms with Gasteiger partial charge in [-0.05, 0) is 48.6 Å². The first kappa shape index (κ1) is 49.5. The zero-order valence-corrected chi connectivity index (χ0v) is 35.8. The summed E-state index contributed by atoms with van der Waals surface area (Å²) in [7, 11) is 0. The van der Waals surface area contributed by atoms with Crippen molar-refractivity contribution in [1.82, 2.24) is 31.6 Å². The number of benzene rings is 1. The van der Waals surface area contributed by atoms with Gasteiger partial charge in [-0.3, -0.25) is 38.5 Å². The third kappa shape index (κ3) is 17.7. The number of carboxylic acids is 2. The number of esters is 1. The Morgan fingerprint density at radius 1 is 0.754 bits per heavy atom. The fourth-order valence-corrected chi connectivity index (χ4v) is 7.11. The molecule has 61 heavy (non-hydrogen) atoms. The van der Waals surface area contributed by atoms with E-state index >= 15 is 0 Å². The van der Waals surface area contributed by atoms with Gasteiger partial charge >= 0.3 is 17.9 Å². The molecule has 0 unspecified atom stereocenters. The number of aryl methyl sites for hydroxylation is 1. The molecule has 2 aromatic heterocycles. The number of hydrogen-bond donors (Lipinski definition) is 9. The predicted octanol–water partition coefficient (Wildman–Crippen LogP) is 1.54. The van der Waals surface area contributed by atoms with Gasteiger partial charge in [-0.25, -0.2) is 4.79 Å². The van der Waals surface area contributed by atoms with Crippen molar-refractivity contribution >= 4 is 71.4 Å². The quantitative estimate of drug-likeness (QED) is 0.0351. The largest absolute Gasteiger partial charge is 0.481 e. The maximum absolute atomic E-state index is 13.9. The number of hydrogen-bond acceptors (Lipinski definition) is 13. The molecule has 3 aromatic rings. The van der Waals surface area contributed by atoms with Gasteiger partial charge < -0.3 is 46.6 Å². The highest BCUT2D eigenvalue weighted by Gasteiger charge is 2.39. The van der Waals surface area contributed by atoms with Gasteiger partial charge in [0.15, 0.2) is 4.93 Å². The Balaban J connectivity index is 1.80. The summed E-state index contributed by atoms with van der Waals surface area (Å²) in [6.45, 7) is 5.80. The number of carbonyl (C=O) groups excluding carboxylic acids is 6. The average molecular weight is 885 g/mol. The molecule has 2 heterocycles. The molecule has 5 amide bonds. The van der Waals surface area contributed by atoms with E-state index in [4.69, 9.17) is 4.74 Å². The van der Waals surface area contributed by atoms with Crippen molar-refractivity contribution in [3.63, 3.8) is 0 Å². The smallest absolute Gasteiger partial charge is 0.348 e. The van der Waals surface area contributed by atoms with Crippen LogP contribution >= 0.6 is 24.0 Å². The molecule has 8 N–H and O–H groups in total. The van der Waals surface area contributed by atoms with Crippen LogP contribution in [0.2, 0.25) is 0 Å². The van der Waals surface area contributed by atoms with Gasteiger partial charge in [0.25, 0.3) is 0 Å². The van der Waals surface area contributed by atoms with E-state index in [1.165, 1.54) is 25.4 Å². The van der Waals surface area contributed by atoms with Crippen molar-refractivity contribution in [2.24, 2.45) is 5.92 Å².